The van der Waals surface area contributed by atoms with E-state index in [-0.39, 0.29) is 11.3 Å². The van der Waals surface area contributed by atoms with Gasteiger partial charge in [0.05, 0.1) is 6.61 Å². The number of nitrogens with zero attached hydrogens (tertiary/aromatic N) is 1. The Balaban J connectivity index is 1.91. The second kappa shape index (κ2) is 6.48. The van der Waals surface area contributed by atoms with Crippen molar-refractivity contribution in [2.75, 3.05) is 26.7 Å². The minimum atomic E-state index is -0.0717. The molecular weight excluding hydrogens is 264 g/mol. The van der Waals surface area contributed by atoms with E-state index >= 15 is 0 Å². The van der Waals surface area contributed by atoms with Crippen LogP contribution in [0, 0.1) is 11.3 Å². The molecule has 0 aliphatic heterocycles. The molecule has 1 aliphatic carbocycles. The standard InChI is InChI=1S/C17H26N2O2/c1-17(2,11-18)12-19(3)16(20)14-6-8-15(9-7-14)21-10-13-4-5-13/h6-9,13H,4-5,10-12,18H2,1-3H3. The minimum absolute atomic E-state index is 0.0188. The Kier molecular flexibility index (Phi) is 4.88. The third kappa shape index (κ3) is 4.74. The molecule has 1 aliphatic rings. The molecule has 0 atom stereocenters. The molecule has 4 nitrogen and oxygen atoms in total. The molecule has 0 saturated heterocycles. The molecule has 4 heteroatoms. The molecule has 1 amide bonds. The van der Waals surface area contributed by atoms with Crippen molar-refractivity contribution in [1.29, 1.82) is 0 Å². The van der Waals surface area contributed by atoms with E-state index in [1.807, 2.05) is 31.3 Å². The zero-order chi connectivity index (χ0) is 15.5. The summed E-state index contributed by atoms with van der Waals surface area (Å²) in [6, 6.07) is 7.40. The van der Waals surface area contributed by atoms with E-state index < -0.39 is 0 Å². The maximum Gasteiger partial charge on any atom is 0.253 e. The maximum absolute atomic E-state index is 12.4. The molecule has 0 heterocycles. The Morgan fingerprint density at radius 3 is 2.48 bits per heavy atom. The average molecular weight is 290 g/mol. The van der Waals surface area contributed by atoms with Crippen LogP contribution < -0.4 is 10.5 Å². The number of benzene rings is 1. The van der Waals surface area contributed by atoms with Gasteiger partial charge in [0.15, 0.2) is 0 Å². The first-order valence-corrected chi connectivity index (χ1v) is 7.60. The molecule has 1 fully saturated rings. The molecule has 2 rings (SSSR count). The largest absolute Gasteiger partial charge is 0.493 e. The lowest BCUT2D eigenvalue weighted by molar-refractivity contribution is 0.0740. The molecular formula is C17H26N2O2. The molecule has 0 aromatic heterocycles. The Hall–Kier alpha value is -1.55. The van der Waals surface area contributed by atoms with E-state index in [1.165, 1.54) is 12.8 Å². The summed E-state index contributed by atoms with van der Waals surface area (Å²) < 4.78 is 5.68. The number of carbonyl (C=O) groups excluding carboxylic acids is 1. The van der Waals surface area contributed by atoms with Crippen LogP contribution in [0.4, 0.5) is 0 Å². The molecule has 1 saturated carbocycles. The normalized spacial score (nSPS) is 14.9. The number of ether oxygens (including phenoxy) is 1. The van der Waals surface area contributed by atoms with Crippen molar-refractivity contribution in [2.45, 2.75) is 26.7 Å². The third-order valence-electron chi connectivity index (χ3n) is 3.85. The van der Waals surface area contributed by atoms with Gasteiger partial charge in [0.25, 0.3) is 5.91 Å². The van der Waals surface area contributed by atoms with E-state index in [9.17, 15) is 4.79 Å². The van der Waals surface area contributed by atoms with Gasteiger partial charge >= 0.3 is 0 Å². The Bertz CT molecular complexity index is 478. The van der Waals surface area contributed by atoms with Crippen LogP contribution in [0.3, 0.4) is 0 Å². The van der Waals surface area contributed by atoms with E-state index in [0.717, 1.165) is 18.3 Å². The van der Waals surface area contributed by atoms with Crippen LogP contribution in [0.25, 0.3) is 0 Å². The number of amides is 1. The van der Waals surface area contributed by atoms with Crippen molar-refractivity contribution in [3.05, 3.63) is 29.8 Å². The summed E-state index contributed by atoms with van der Waals surface area (Å²) in [5, 5.41) is 0. The Labute approximate surface area is 127 Å². The summed E-state index contributed by atoms with van der Waals surface area (Å²) in [7, 11) is 1.82. The van der Waals surface area contributed by atoms with Crippen molar-refractivity contribution in [2.24, 2.45) is 17.1 Å². The molecule has 0 unspecified atom stereocenters. The minimum Gasteiger partial charge on any atom is -0.493 e. The molecule has 21 heavy (non-hydrogen) atoms. The lowest BCUT2D eigenvalue weighted by Gasteiger charge is -2.29. The third-order valence-corrected chi connectivity index (χ3v) is 3.85. The zero-order valence-corrected chi connectivity index (χ0v) is 13.3. The zero-order valence-electron chi connectivity index (χ0n) is 13.3. The van der Waals surface area contributed by atoms with Gasteiger partial charge in [-0.2, -0.15) is 0 Å². The number of hydrogen-bond acceptors (Lipinski definition) is 3. The van der Waals surface area contributed by atoms with E-state index in [2.05, 4.69) is 13.8 Å². The quantitative estimate of drug-likeness (QED) is 0.839. The molecule has 1 aromatic rings. The summed E-state index contributed by atoms with van der Waals surface area (Å²) in [5.41, 5.74) is 6.33. The van der Waals surface area contributed by atoms with Crippen LogP contribution in [0.5, 0.6) is 5.75 Å². The molecule has 2 N–H and O–H groups in total. The summed E-state index contributed by atoms with van der Waals surface area (Å²) >= 11 is 0. The monoisotopic (exact) mass is 290 g/mol. The molecule has 1 aromatic carbocycles. The van der Waals surface area contributed by atoms with Crippen LogP contribution in [-0.2, 0) is 0 Å². The van der Waals surface area contributed by atoms with Gasteiger partial charge in [-0.15, -0.1) is 0 Å². The van der Waals surface area contributed by atoms with Crippen LogP contribution in [-0.4, -0.2) is 37.6 Å². The van der Waals surface area contributed by atoms with E-state index in [1.54, 1.807) is 4.90 Å². The lowest BCUT2D eigenvalue weighted by atomic mass is 9.93. The van der Waals surface area contributed by atoms with Gasteiger partial charge in [0.1, 0.15) is 5.75 Å². The molecule has 116 valence electrons. The highest BCUT2D eigenvalue weighted by atomic mass is 16.5. The summed E-state index contributed by atoms with van der Waals surface area (Å²) in [6.45, 7) is 6.11. The van der Waals surface area contributed by atoms with Gasteiger partial charge in [-0.3, -0.25) is 4.79 Å². The van der Waals surface area contributed by atoms with Crippen LogP contribution in [0.2, 0.25) is 0 Å². The molecule has 0 radical (unpaired) electrons. The second-order valence-electron chi connectivity index (χ2n) is 6.81. The number of nitrogens with two attached hydrogens (primary N) is 1. The maximum atomic E-state index is 12.4. The van der Waals surface area contributed by atoms with Gasteiger partial charge in [-0.05, 0) is 55.0 Å². The van der Waals surface area contributed by atoms with Gasteiger partial charge in [0, 0.05) is 19.2 Å². The summed E-state index contributed by atoms with van der Waals surface area (Å²) in [5.74, 6) is 1.59. The predicted molar refractivity (Wildman–Crippen MR) is 84.5 cm³/mol. The topological polar surface area (TPSA) is 55.6 Å². The van der Waals surface area contributed by atoms with Crippen molar-refractivity contribution in [1.82, 2.24) is 4.90 Å². The highest BCUT2D eigenvalue weighted by Gasteiger charge is 2.23. The van der Waals surface area contributed by atoms with Crippen molar-refractivity contribution in [3.63, 3.8) is 0 Å². The second-order valence-corrected chi connectivity index (χ2v) is 6.81. The fourth-order valence-corrected chi connectivity index (χ4v) is 2.19. The van der Waals surface area contributed by atoms with Crippen molar-refractivity contribution in [3.8, 4) is 5.75 Å². The summed E-state index contributed by atoms with van der Waals surface area (Å²) in [4.78, 5) is 14.1. The number of carbonyl (C=O) groups is 1. The first-order valence-electron chi connectivity index (χ1n) is 7.60. The van der Waals surface area contributed by atoms with Crippen molar-refractivity contribution >= 4 is 5.91 Å². The Morgan fingerprint density at radius 1 is 1.33 bits per heavy atom. The van der Waals surface area contributed by atoms with E-state index in [0.29, 0.717) is 18.7 Å². The first kappa shape index (κ1) is 15.8. The average Bonchev–Trinajstić information content (AvgIpc) is 3.28. The van der Waals surface area contributed by atoms with Gasteiger partial charge in [-0.1, -0.05) is 13.8 Å². The first-order chi connectivity index (χ1) is 9.91. The predicted octanol–water partition coefficient (Wildman–Crippen LogP) is 2.53. The van der Waals surface area contributed by atoms with Gasteiger partial charge in [0.2, 0.25) is 0 Å². The summed E-state index contributed by atoms with van der Waals surface area (Å²) in [6.07, 6.45) is 2.55. The van der Waals surface area contributed by atoms with Crippen LogP contribution in [0.15, 0.2) is 24.3 Å². The highest BCUT2D eigenvalue weighted by molar-refractivity contribution is 5.94. The smallest absolute Gasteiger partial charge is 0.253 e. The van der Waals surface area contributed by atoms with Crippen LogP contribution >= 0.6 is 0 Å². The molecule has 0 spiro atoms. The number of hydrogen-bond donors (Lipinski definition) is 1. The van der Waals surface area contributed by atoms with Crippen LogP contribution in [0.1, 0.15) is 37.0 Å². The van der Waals surface area contributed by atoms with Gasteiger partial charge < -0.3 is 15.4 Å². The SMILES string of the molecule is CN(CC(C)(C)CN)C(=O)c1ccc(OCC2CC2)cc1. The highest BCUT2D eigenvalue weighted by Crippen LogP contribution is 2.29. The number of rotatable bonds is 7. The fourth-order valence-electron chi connectivity index (χ4n) is 2.19. The fraction of sp³-hybridized carbons (Fsp3) is 0.588. The molecule has 0 bridgehead atoms. The Morgan fingerprint density at radius 2 is 1.95 bits per heavy atom. The lowest BCUT2D eigenvalue weighted by Crippen LogP contribution is -2.39. The van der Waals surface area contributed by atoms with Gasteiger partial charge in [-0.25, -0.2) is 0 Å². The van der Waals surface area contributed by atoms with E-state index in [4.69, 9.17) is 10.5 Å². The van der Waals surface area contributed by atoms with Crippen molar-refractivity contribution < 1.29 is 9.53 Å².